The minimum absolute atomic E-state index is 0.225. The summed E-state index contributed by atoms with van der Waals surface area (Å²) in [7, 11) is 3.09. The lowest BCUT2D eigenvalue weighted by Gasteiger charge is -2.29. The third kappa shape index (κ3) is 3.45. The van der Waals surface area contributed by atoms with Crippen LogP contribution in [0.25, 0.3) is 0 Å². The van der Waals surface area contributed by atoms with Crippen LogP contribution in [0.15, 0.2) is 47.5 Å². The molecule has 5 nitrogen and oxygen atoms in total. The molecule has 2 aromatic carbocycles. The predicted molar refractivity (Wildman–Crippen MR) is 110 cm³/mol. The van der Waals surface area contributed by atoms with Gasteiger partial charge in [0, 0.05) is 11.1 Å². The van der Waals surface area contributed by atoms with Crippen LogP contribution < -0.4 is 9.47 Å². The Morgan fingerprint density at radius 3 is 2.26 bits per heavy atom. The van der Waals surface area contributed by atoms with Crippen LogP contribution in [0.3, 0.4) is 0 Å². The Bertz CT molecular complexity index is 933. The molecule has 27 heavy (non-hydrogen) atoms. The largest absolute Gasteiger partial charge is 0.493 e. The molecule has 0 saturated heterocycles. The molecule has 1 heterocycles. The molecule has 0 radical (unpaired) electrons. The van der Waals surface area contributed by atoms with Crippen molar-refractivity contribution < 1.29 is 14.3 Å². The molecule has 0 atom stereocenters. The van der Waals surface area contributed by atoms with Gasteiger partial charge in [0.05, 0.1) is 14.2 Å². The lowest BCUT2D eigenvalue weighted by atomic mass is 10.1. The highest BCUT2D eigenvalue weighted by Crippen LogP contribution is 2.32. The van der Waals surface area contributed by atoms with E-state index >= 15 is 0 Å². The van der Waals surface area contributed by atoms with Crippen molar-refractivity contribution in [2.75, 3.05) is 14.2 Å². The van der Waals surface area contributed by atoms with Gasteiger partial charge in [0.1, 0.15) is 16.4 Å². The summed E-state index contributed by atoms with van der Waals surface area (Å²) in [4.78, 5) is 19.9. The molecule has 0 spiro atoms. The third-order valence-corrected chi connectivity index (χ3v) is 4.87. The lowest BCUT2D eigenvalue weighted by molar-refractivity contribution is 0.0758. The molecule has 1 aliphatic heterocycles. The van der Waals surface area contributed by atoms with Crippen LogP contribution in [0.5, 0.6) is 11.5 Å². The summed E-state index contributed by atoms with van der Waals surface area (Å²) >= 11 is 5.63. The van der Waals surface area contributed by atoms with Crippen molar-refractivity contribution in [3.8, 4) is 11.5 Å². The first-order valence-electron chi connectivity index (χ1n) is 8.56. The summed E-state index contributed by atoms with van der Waals surface area (Å²) in [6.45, 7) is 5.77. The Morgan fingerprint density at radius 1 is 1.04 bits per heavy atom. The van der Waals surface area contributed by atoms with E-state index in [1.165, 1.54) is 7.11 Å². The number of carbonyl (C=O) groups is 1. The second-order valence-corrected chi connectivity index (χ2v) is 7.22. The van der Waals surface area contributed by atoms with Gasteiger partial charge < -0.3 is 9.47 Å². The summed E-state index contributed by atoms with van der Waals surface area (Å²) < 4.78 is 10.6. The van der Waals surface area contributed by atoms with Gasteiger partial charge in [-0.2, -0.15) is 0 Å². The maximum atomic E-state index is 13.2. The zero-order valence-corrected chi connectivity index (χ0v) is 16.9. The Balaban J connectivity index is 1.96. The van der Waals surface area contributed by atoms with E-state index in [0.717, 1.165) is 11.1 Å². The molecule has 0 unspecified atom stereocenters. The summed E-state index contributed by atoms with van der Waals surface area (Å²) in [6, 6.07) is 13.0. The molecule has 1 aliphatic rings. The Morgan fingerprint density at radius 2 is 1.67 bits per heavy atom. The fourth-order valence-corrected chi connectivity index (χ4v) is 3.53. The van der Waals surface area contributed by atoms with Gasteiger partial charge in [0.2, 0.25) is 0 Å². The summed E-state index contributed by atoms with van der Waals surface area (Å²) in [5, 5.41) is 0. The van der Waals surface area contributed by atoms with Gasteiger partial charge in [-0.3, -0.25) is 14.7 Å². The van der Waals surface area contributed by atoms with Crippen LogP contribution in [-0.4, -0.2) is 41.4 Å². The van der Waals surface area contributed by atoms with Gasteiger partial charge in [-0.25, -0.2) is 0 Å². The molecule has 0 fully saturated rings. The first-order valence-corrected chi connectivity index (χ1v) is 8.97. The zero-order valence-electron chi connectivity index (χ0n) is 16.1. The van der Waals surface area contributed by atoms with Crippen LogP contribution in [0, 0.1) is 6.92 Å². The summed E-state index contributed by atoms with van der Waals surface area (Å²) in [6.07, 6.45) is 0. The molecule has 0 N–H and O–H groups in total. The van der Waals surface area contributed by atoms with Gasteiger partial charge in [0.15, 0.2) is 11.5 Å². The highest BCUT2D eigenvalue weighted by Gasteiger charge is 2.42. The topological polar surface area (TPSA) is 51.1 Å². The van der Waals surface area contributed by atoms with E-state index in [9.17, 15) is 4.79 Å². The van der Waals surface area contributed by atoms with E-state index in [-0.39, 0.29) is 5.91 Å². The Labute approximate surface area is 164 Å². The Hall–Kier alpha value is -2.73. The second kappa shape index (κ2) is 7.12. The number of aliphatic imine (C=N–C) groups is 1. The maximum Gasteiger partial charge on any atom is 0.261 e. The first-order chi connectivity index (χ1) is 12.8. The van der Waals surface area contributed by atoms with Crippen molar-refractivity contribution in [3.05, 3.63) is 59.2 Å². The van der Waals surface area contributed by atoms with Gasteiger partial charge >= 0.3 is 0 Å². The molecule has 1 amide bonds. The molecule has 2 aromatic rings. The molecule has 6 heteroatoms. The fourth-order valence-electron chi connectivity index (χ4n) is 3.06. The van der Waals surface area contributed by atoms with E-state index < -0.39 is 5.66 Å². The van der Waals surface area contributed by atoms with Gasteiger partial charge in [0.25, 0.3) is 5.91 Å². The summed E-state index contributed by atoms with van der Waals surface area (Å²) in [5.41, 5.74) is 2.40. The number of amides is 1. The van der Waals surface area contributed by atoms with E-state index in [2.05, 4.69) is 0 Å². The van der Waals surface area contributed by atoms with Crippen LogP contribution in [-0.2, 0) is 0 Å². The first kappa shape index (κ1) is 19.0. The Kier molecular flexibility index (Phi) is 5.02. The molecule has 0 saturated carbocycles. The molecular weight excluding hydrogens is 360 g/mol. The fraction of sp³-hybridized carbons (Fsp3) is 0.286. The van der Waals surface area contributed by atoms with Crippen LogP contribution in [0.4, 0.5) is 0 Å². The van der Waals surface area contributed by atoms with Crippen molar-refractivity contribution in [2.24, 2.45) is 4.99 Å². The van der Waals surface area contributed by atoms with Crippen LogP contribution in [0.2, 0.25) is 0 Å². The minimum atomic E-state index is -0.776. The van der Waals surface area contributed by atoms with Crippen molar-refractivity contribution in [1.29, 1.82) is 0 Å². The minimum Gasteiger partial charge on any atom is -0.493 e. The highest BCUT2D eigenvalue weighted by atomic mass is 32.1. The number of hydrogen-bond acceptors (Lipinski definition) is 5. The molecule has 140 valence electrons. The van der Waals surface area contributed by atoms with Crippen molar-refractivity contribution in [1.82, 2.24) is 4.90 Å². The van der Waals surface area contributed by atoms with Crippen molar-refractivity contribution in [2.45, 2.75) is 26.4 Å². The average Bonchev–Trinajstić information content (AvgIpc) is 2.90. The average molecular weight is 382 g/mol. The smallest absolute Gasteiger partial charge is 0.261 e. The van der Waals surface area contributed by atoms with Gasteiger partial charge in [-0.05, 0) is 39.0 Å². The normalized spacial score (nSPS) is 15.5. The number of carbonyl (C=O) groups excluding carboxylic acids is 1. The predicted octanol–water partition coefficient (Wildman–Crippen LogP) is 4.02. The highest BCUT2D eigenvalue weighted by molar-refractivity contribution is 7.82. The number of ether oxygens (including phenoxy) is 2. The van der Waals surface area contributed by atoms with Crippen LogP contribution >= 0.6 is 12.2 Å². The molecule has 0 aromatic heterocycles. The quantitative estimate of drug-likeness (QED) is 0.750. The second-order valence-electron chi connectivity index (χ2n) is 6.84. The van der Waals surface area contributed by atoms with Crippen molar-refractivity contribution in [3.63, 3.8) is 0 Å². The van der Waals surface area contributed by atoms with E-state index in [4.69, 9.17) is 26.7 Å². The third-order valence-electron chi connectivity index (χ3n) is 4.50. The number of benzene rings is 2. The van der Waals surface area contributed by atoms with Gasteiger partial charge in [-0.1, -0.05) is 42.0 Å². The number of methoxy groups -OCH3 is 2. The number of aryl methyl sites for hydroxylation is 1. The number of hydrogen-bond donors (Lipinski definition) is 0. The van der Waals surface area contributed by atoms with E-state index in [0.29, 0.717) is 27.8 Å². The molecule has 3 rings (SSSR count). The lowest BCUT2D eigenvalue weighted by Crippen LogP contribution is -2.46. The molecule has 0 bridgehead atoms. The maximum absolute atomic E-state index is 13.2. The number of thiocarbonyl (C=S) groups is 1. The van der Waals surface area contributed by atoms with E-state index in [1.807, 2.05) is 45.0 Å². The van der Waals surface area contributed by atoms with E-state index in [1.54, 1.807) is 30.2 Å². The number of nitrogens with zero attached hydrogens (tertiary/aromatic N) is 2. The molecule has 0 aliphatic carbocycles. The van der Waals surface area contributed by atoms with Crippen molar-refractivity contribution >= 4 is 28.8 Å². The monoisotopic (exact) mass is 382 g/mol. The zero-order chi connectivity index (χ0) is 19.8. The molecular formula is C21H22N2O3S. The summed E-state index contributed by atoms with van der Waals surface area (Å²) in [5.74, 6) is 0.830. The number of rotatable bonds is 4. The standard InChI is InChI=1S/C21H22N2O3S/c1-13-6-8-14(9-7-13)18-20(27)23(21(2,3)22-18)19(24)15-10-11-16(25-4)17(12-15)26-5/h6-12H,1-5H3. The van der Waals surface area contributed by atoms with Crippen LogP contribution in [0.1, 0.15) is 35.3 Å². The van der Waals surface area contributed by atoms with Gasteiger partial charge in [-0.15, -0.1) is 0 Å². The SMILES string of the molecule is COc1ccc(C(=O)N2C(=S)C(c3ccc(C)cc3)=NC2(C)C)cc1OC.